The van der Waals surface area contributed by atoms with Crippen molar-refractivity contribution in [1.29, 1.82) is 0 Å². The summed E-state index contributed by atoms with van der Waals surface area (Å²) in [6.45, 7) is 0.130. The molecule has 42 heavy (non-hydrogen) atoms. The molecule has 0 N–H and O–H groups in total. The van der Waals surface area contributed by atoms with Gasteiger partial charge in [-0.05, 0) is 37.7 Å². The van der Waals surface area contributed by atoms with Crippen LogP contribution in [-0.4, -0.2) is 42.7 Å². The molecule has 3 aromatic heterocycles. The fourth-order valence-corrected chi connectivity index (χ4v) is 5.62. The molecular weight excluding hydrogens is 551 g/mol. The van der Waals surface area contributed by atoms with Crippen LogP contribution in [-0.2, 0) is 30.1 Å². The van der Waals surface area contributed by atoms with E-state index in [9.17, 15) is 18.0 Å². The third-order valence-electron chi connectivity index (χ3n) is 8.12. The van der Waals surface area contributed by atoms with Gasteiger partial charge in [-0.3, -0.25) is 4.90 Å². The number of rotatable bonds is 6. The van der Waals surface area contributed by atoms with E-state index in [0.29, 0.717) is 41.5 Å². The van der Waals surface area contributed by atoms with Crippen LogP contribution in [0, 0.1) is 0 Å². The van der Waals surface area contributed by atoms with Gasteiger partial charge in [0, 0.05) is 30.9 Å². The summed E-state index contributed by atoms with van der Waals surface area (Å²) in [5.74, 6) is 1.65. The van der Waals surface area contributed by atoms with E-state index >= 15 is 0 Å². The summed E-state index contributed by atoms with van der Waals surface area (Å²) in [6.07, 6.45) is 3.40. The third kappa shape index (κ3) is 4.34. The van der Waals surface area contributed by atoms with Crippen LogP contribution in [0.5, 0.6) is 5.88 Å². The SMILES string of the molecule is COc1ncnc(C2CC2)c1-c1ncc2c(n1)N(Cc1ccc(-c3nc(C(F)(F)F)cn3C)cc1)C(=O)OC21CCC1. The predicted octanol–water partition coefficient (Wildman–Crippen LogP) is 5.77. The van der Waals surface area contributed by atoms with E-state index in [1.807, 2.05) is 0 Å². The zero-order valence-corrected chi connectivity index (χ0v) is 22.9. The summed E-state index contributed by atoms with van der Waals surface area (Å²) in [5, 5.41) is 0. The van der Waals surface area contributed by atoms with E-state index in [2.05, 4.69) is 19.9 Å². The molecule has 0 radical (unpaired) electrons. The average Bonchev–Trinajstić information content (AvgIpc) is 3.73. The van der Waals surface area contributed by atoms with E-state index < -0.39 is 23.6 Å². The van der Waals surface area contributed by atoms with Gasteiger partial charge >= 0.3 is 12.3 Å². The number of aryl methyl sites for hydroxylation is 1. The Bertz CT molecular complexity index is 1700. The number of ether oxygens (including phenoxy) is 2. The smallest absolute Gasteiger partial charge is 0.434 e. The number of anilines is 1. The lowest BCUT2D eigenvalue weighted by molar-refractivity contribution is -0.140. The quantitative estimate of drug-likeness (QED) is 0.284. The molecule has 1 aromatic carbocycles. The highest BCUT2D eigenvalue weighted by atomic mass is 19.4. The van der Waals surface area contributed by atoms with Gasteiger partial charge in [-0.25, -0.2) is 29.7 Å². The maximum atomic E-state index is 13.4. The van der Waals surface area contributed by atoms with Gasteiger partial charge < -0.3 is 14.0 Å². The maximum Gasteiger partial charge on any atom is 0.434 e. The van der Waals surface area contributed by atoms with E-state index in [0.717, 1.165) is 42.3 Å². The summed E-state index contributed by atoms with van der Waals surface area (Å²) in [7, 11) is 3.05. The topological polar surface area (TPSA) is 108 Å². The van der Waals surface area contributed by atoms with Crippen molar-refractivity contribution in [2.75, 3.05) is 12.0 Å². The number of amides is 1. The molecule has 0 bridgehead atoms. The van der Waals surface area contributed by atoms with Crippen molar-refractivity contribution in [3.63, 3.8) is 0 Å². The number of nitrogens with zero attached hydrogens (tertiary/aromatic N) is 7. The minimum atomic E-state index is -4.54. The highest BCUT2D eigenvalue weighted by molar-refractivity contribution is 5.90. The zero-order chi connectivity index (χ0) is 29.2. The van der Waals surface area contributed by atoms with Gasteiger partial charge in [0.2, 0.25) is 5.88 Å². The maximum absolute atomic E-state index is 13.4. The van der Waals surface area contributed by atoms with Gasteiger partial charge in [0.1, 0.15) is 29.1 Å². The first-order chi connectivity index (χ1) is 20.2. The summed E-state index contributed by atoms with van der Waals surface area (Å²) in [6, 6.07) is 6.86. The van der Waals surface area contributed by atoms with E-state index in [4.69, 9.17) is 14.5 Å². The summed E-state index contributed by atoms with van der Waals surface area (Å²) < 4.78 is 52.3. The first-order valence-corrected chi connectivity index (χ1v) is 13.6. The second-order valence-corrected chi connectivity index (χ2v) is 10.9. The van der Waals surface area contributed by atoms with Gasteiger partial charge in [-0.1, -0.05) is 24.3 Å². The van der Waals surface area contributed by atoms with Gasteiger partial charge in [0.05, 0.1) is 24.9 Å². The molecule has 1 spiro atoms. The highest BCUT2D eigenvalue weighted by Crippen LogP contribution is 2.52. The van der Waals surface area contributed by atoms with Gasteiger partial charge in [0.15, 0.2) is 11.5 Å². The van der Waals surface area contributed by atoms with Crippen LogP contribution < -0.4 is 9.64 Å². The molecule has 13 heteroatoms. The first-order valence-electron chi connectivity index (χ1n) is 13.6. The number of imidazole rings is 1. The molecule has 2 saturated carbocycles. The Morgan fingerprint density at radius 1 is 1.10 bits per heavy atom. The Hall–Kier alpha value is -4.55. The number of carbonyl (C=O) groups excluding carboxylic acids is 1. The molecular formula is C29H26F3N7O3. The number of carbonyl (C=O) groups is 1. The molecule has 10 nitrogen and oxygen atoms in total. The minimum Gasteiger partial charge on any atom is -0.480 e. The second-order valence-electron chi connectivity index (χ2n) is 10.9. The number of benzene rings is 1. The van der Waals surface area contributed by atoms with Crippen LogP contribution in [0.4, 0.5) is 23.8 Å². The minimum absolute atomic E-state index is 0.130. The number of fused-ring (bicyclic) bond motifs is 2. The molecule has 7 rings (SSSR count). The van der Waals surface area contributed by atoms with Crippen LogP contribution in [0.1, 0.15) is 60.5 Å². The van der Waals surface area contributed by atoms with E-state index in [1.54, 1.807) is 30.5 Å². The Morgan fingerprint density at radius 2 is 1.86 bits per heavy atom. The molecule has 216 valence electrons. The summed E-state index contributed by atoms with van der Waals surface area (Å²) >= 11 is 0. The Labute approximate surface area is 238 Å². The Kier molecular flexibility index (Phi) is 5.96. The van der Waals surface area contributed by atoms with Crippen LogP contribution in [0.2, 0.25) is 0 Å². The molecule has 0 atom stereocenters. The van der Waals surface area contributed by atoms with Crippen LogP contribution >= 0.6 is 0 Å². The van der Waals surface area contributed by atoms with E-state index in [-0.39, 0.29) is 18.3 Å². The van der Waals surface area contributed by atoms with Crippen LogP contribution in [0.3, 0.4) is 0 Å². The Morgan fingerprint density at radius 3 is 2.48 bits per heavy atom. The molecule has 0 saturated heterocycles. The zero-order valence-electron chi connectivity index (χ0n) is 22.9. The molecule has 2 fully saturated rings. The lowest BCUT2D eigenvalue weighted by Crippen LogP contribution is -2.49. The van der Waals surface area contributed by atoms with Crippen molar-refractivity contribution in [3.8, 4) is 28.7 Å². The van der Waals surface area contributed by atoms with Crippen LogP contribution in [0.25, 0.3) is 22.8 Å². The molecule has 1 amide bonds. The molecule has 2 aliphatic carbocycles. The number of methoxy groups -OCH3 is 1. The normalized spacial score (nSPS) is 17.5. The van der Waals surface area contributed by atoms with Gasteiger partial charge in [0.25, 0.3) is 0 Å². The van der Waals surface area contributed by atoms with E-state index in [1.165, 1.54) is 30.0 Å². The number of hydrogen-bond acceptors (Lipinski definition) is 8. The molecule has 4 aromatic rings. The lowest BCUT2D eigenvalue weighted by atomic mass is 9.74. The largest absolute Gasteiger partial charge is 0.480 e. The number of aromatic nitrogens is 6. The average molecular weight is 578 g/mol. The molecule has 3 aliphatic rings. The number of halogens is 3. The lowest BCUT2D eigenvalue weighted by Gasteiger charge is -2.46. The second kappa shape index (κ2) is 9.50. The fourth-order valence-electron chi connectivity index (χ4n) is 5.62. The third-order valence-corrected chi connectivity index (χ3v) is 8.12. The standard InChI is InChI=1S/C29H26F3N7O3/c1-38-14-20(29(30,31)32)36-24(38)18-6-4-16(5-7-18)13-39-25-19(28(10-3-11-28)42-27(39)40)12-33-23(37-25)21-22(17-8-9-17)34-15-35-26(21)41-2/h4-7,12,14-15,17H,3,8-11,13H2,1-2H3. The summed E-state index contributed by atoms with van der Waals surface area (Å²) in [5.41, 5.74) is 1.72. The van der Waals surface area contributed by atoms with Gasteiger partial charge in [-0.15, -0.1) is 0 Å². The van der Waals surface area contributed by atoms with Crippen molar-refractivity contribution in [3.05, 3.63) is 65.5 Å². The molecule has 1 aliphatic heterocycles. The van der Waals surface area contributed by atoms with Crippen molar-refractivity contribution >= 4 is 11.9 Å². The van der Waals surface area contributed by atoms with Gasteiger partial charge in [-0.2, -0.15) is 13.2 Å². The predicted molar refractivity (Wildman–Crippen MR) is 143 cm³/mol. The molecule has 0 unspecified atom stereocenters. The number of hydrogen-bond donors (Lipinski definition) is 0. The Balaban J connectivity index is 1.25. The summed E-state index contributed by atoms with van der Waals surface area (Å²) in [4.78, 5) is 37.0. The first kappa shape index (κ1) is 26.4. The van der Waals surface area contributed by atoms with Crippen molar-refractivity contribution in [1.82, 2.24) is 29.5 Å². The molecule has 4 heterocycles. The van der Waals surface area contributed by atoms with Crippen molar-refractivity contribution in [2.45, 2.75) is 56.3 Å². The highest BCUT2D eigenvalue weighted by Gasteiger charge is 2.50. The van der Waals surface area contributed by atoms with Crippen LogP contribution in [0.15, 0.2) is 43.0 Å². The number of alkyl halides is 3. The fraction of sp³-hybridized carbons (Fsp3) is 0.379. The van der Waals surface area contributed by atoms with Crippen molar-refractivity contribution < 1.29 is 27.4 Å². The monoisotopic (exact) mass is 577 g/mol. The van der Waals surface area contributed by atoms with Crippen molar-refractivity contribution in [2.24, 2.45) is 7.05 Å².